The van der Waals surface area contributed by atoms with Gasteiger partial charge >= 0.3 is 5.76 Å². The first-order valence-electron chi connectivity index (χ1n) is 9.02. The molecule has 0 N–H and O–H groups in total. The molecule has 0 bridgehead atoms. The van der Waals surface area contributed by atoms with E-state index in [1.165, 1.54) is 15.9 Å². The summed E-state index contributed by atoms with van der Waals surface area (Å²) in [6.45, 7) is 0.979. The van der Waals surface area contributed by atoms with Crippen LogP contribution in [0.5, 0.6) is 0 Å². The quantitative estimate of drug-likeness (QED) is 0.468. The van der Waals surface area contributed by atoms with Crippen LogP contribution in [0.2, 0.25) is 5.02 Å². The van der Waals surface area contributed by atoms with Crippen LogP contribution in [0.25, 0.3) is 21.3 Å². The van der Waals surface area contributed by atoms with E-state index in [4.69, 9.17) is 16.0 Å². The molecule has 0 saturated carbocycles. The summed E-state index contributed by atoms with van der Waals surface area (Å²) in [7, 11) is 3.88. The average molecular weight is 431 g/mol. The Kier molecular flexibility index (Phi) is 5.40. The number of nitrogens with zero attached hydrogens (tertiary/aromatic N) is 4. The van der Waals surface area contributed by atoms with Gasteiger partial charge in [0.05, 0.1) is 15.7 Å². The number of likely N-dealkylation sites (N-methyl/N-ethyl adjacent to an activating group) is 1. The standard InChI is InChI=1S/C20H19ClN4O3S/c1-23(2)9-10-24(19-22-14-8-7-13(21)11-17(14)29-19)18(26)12-25-15-5-3-4-6-16(15)28-20(25)27/h3-8,11H,9-10,12H2,1-2H3. The van der Waals surface area contributed by atoms with E-state index < -0.39 is 5.76 Å². The summed E-state index contributed by atoms with van der Waals surface area (Å²) in [6, 6.07) is 12.5. The fourth-order valence-corrected chi connectivity index (χ4v) is 4.30. The molecule has 0 aliphatic carbocycles. The highest BCUT2D eigenvalue weighted by Gasteiger charge is 2.22. The van der Waals surface area contributed by atoms with Crippen molar-refractivity contribution in [1.82, 2.24) is 14.5 Å². The van der Waals surface area contributed by atoms with Gasteiger partial charge in [0, 0.05) is 18.1 Å². The van der Waals surface area contributed by atoms with Crippen LogP contribution in [-0.2, 0) is 11.3 Å². The Morgan fingerprint density at radius 1 is 1.21 bits per heavy atom. The van der Waals surface area contributed by atoms with Gasteiger partial charge in [-0.25, -0.2) is 9.78 Å². The molecule has 2 aromatic heterocycles. The second-order valence-electron chi connectivity index (χ2n) is 6.88. The number of hydrogen-bond donors (Lipinski definition) is 0. The van der Waals surface area contributed by atoms with Crippen LogP contribution < -0.4 is 10.7 Å². The third-order valence-corrected chi connectivity index (χ3v) is 5.79. The van der Waals surface area contributed by atoms with Crippen LogP contribution in [0.3, 0.4) is 0 Å². The first-order chi connectivity index (χ1) is 13.9. The highest BCUT2D eigenvalue weighted by molar-refractivity contribution is 7.22. The maximum absolute atomic E-state index is 13.2. The summed E-state index contributed by atoms with van der Waals surface area (Å²) in [4.78, 5) is 33.7. The van der Waals surface area contributed by atoms with Crippen molar-refractivity contribution >= 4 is 55.3 Å². The van der Waals surface area contributed by atoms with Gasteiger partial charge in [-0.1, -0.05) is 35.1 Å². The number of para-hydroxylation sites is 2. The monoisotopic (exact) mass is 430 g/mol. The number of carbonyl (C=O) groups excluding carboxylic acids is 1. The molecule has 2 aromatic carbocycles. The Hall–Kier alpha value is -2.68. The lowest BCUT2D eigenvalue weighted by molar-refractivity contribution is -0.119. The summed E-state index contributed by atoms with van der Waals surface area (Å²) in [5.41, 5.74) is 1.83. The van der Waals surface area contributed by atoms with E-state index >= 15 is 0 Å². The van der Waals surface area contributed by atoms with Crippen LogP contribution in [0, 0.1) is 0 Å². The van der Waals surface area contributed by atoms with Crippen molar-refractivity contribution in [2.24, 2.45) is 0 Å². The number of halogens is 1. The molecule has 0 aliphatic rings. The molecule has 0 aliphatic heterocycles. The number of rotatable bonds is 6. The SMILES string of the molecule is CN(C)CCN(C(=O)Cn1c(=O)oc2ccccc21)c1nc2ccc(Cl)cc2s1. The molecule has 0 spiro atoms. The van der Waals surface area contributed by atoms with Gasteiger partial charge in [0.15, 0.2) is 10.7 Å². The zero-order chi connectivity index (χ0) is 20.5. The van der Waals surface area contributed by atoms with Gasteiger partial charge in [-0.05, 0) is 44.4 Å². The van der Waals surface area contributed by atoms with Gasteiger partial charge in [-0.15, -0.1) is 0 Å². The van der Waals surface area contributed by atoms with E-state index in [1.807, 2.05) is 31.1 Å². The zero-order valence-corrected chi connectivity index (χ0v) is 17.5. The van der Waals surface area contributed by atoms with Crippen molar-refractivity contribution in [3.05, 3.63) is 58.0 Å². The first-order valence-corrected chi connectivity index (χ1v) is 10.2. The van der Waals surface area contributed by atoms with Crippen molar-refractivity contribution in [2.75, 3.05) is 32.1 Å². The minimum atomic E-state index is -0.553. The highest BCUT2D eigenvalue weighted by Crippen LogP contribution is 2.31. The molecule has 0 atom stereocenters. The van der Waals surface area contributed by atoms with E-state index in [2.05, 4.69) is 4.98 Å². The normalized spacial score (nSPS) is 11.6. The number of fused-ring (bicyclic) bond motifs is 2. The molecule has 4 rings (SSSR count). The summed E-state index contributed by atoms with van der Waals surface area (Å²) in [6.07, 6.45) is 0. The van der Waals surface area contributed by atoms with Gasteiger partial charge in [0.1, 0.15) is 6.54 Å². The summed E-state index contributed by atoms with van der Waals surface area (Å²) in [5.74, 6) is -0.783. The molecule has 150 valence electrons. The van der Waals surface area contributed by atoms with Crippen molar-refractivity contribution in [3.63, 3.8) is 0 Å². The van der Waals surface area contributed by atoms with Gasteiger partial charge in [0.25, 0.3) is 0 Å². The molecular weight excluding hydrogens is 412 g/mol. The Bertz CT molecular complexity index is 1240. The maximum Gasteiger partial charge on any atom is 0.420 e. The molecule has 29 heavy (non-hydrogen) atoms. The zero-order valence-electron chi connectivity index (χ0n) is 16.0. The van der Waals surface area contributed by atoms with Crippen LogP contribution in [0.1, 0.15) is 0 Å². The van der Waals surface area contributed by atoms with E-state index in [0.717, 1.165) is 10.2 Å². The fraction of sp³-hybridized carbons (Fsp3) is 0.250. The van der Waals surface area contributed by atoms with Crippen LogP contribution >= 0.6 is 22.9 Å². The Morgan fingerprint density at radius 3 is 2.79 bits per heavy atom. The molecule has 0 saturated heterocycles. The number of carbonyl (C=O) groups is 1. The van der Waals surface area contributed by atoms with Gasteiger partial charge in [-0.3, -0.25) is 14.3 Å². The smallest absolute Gasteiger partial charge is 0.408 e. The number of amides is 1. The number of thiazole rings is 1. The second-order valence-corrected chi connectivity index (χ2v) is 8.32. The molecule has 0 unspecified atom stereocenters. The lowest BCUT2D eigenvalue weighted by Crippen LogP contribution is -2.39. The third-order valence-electron chi connectivity index (χ3n) is 4.51. The van der Waals surface area contributed by atoms with Crippen LogP contribution in [-0.4, -0.2) is 47.5 Å². The maximum atomic E-state index is 13.2. The second kappa shape index (κ2) is 7.98. The van der Waals surface area contributed by atoms with E-state index in [1.54, 1.807) is 35.2 Å². The van der Waals surface area contributed by atoms with E-state index in [9.17, 15) is 9.59 Å². The van der Waals surface area contributed by atoms with Crippen molar-refractivity contribution in [1.29, 1.82) is 0 Å². The minimum Gasteiger partial charge on any atom is -0.408 e. The average Bonchev–Trinajstić information content (AvgIpc) is 3.22. The summed E-state index contributed by atoms with van der Waals surface area (Å²) in [5, 5.41) is 1.20. The third kappa shape index (κ3) is 4.05. The van der Waals surface area contributed by atoms with Crippen LogP contribution in [0.4, 0.5) is 5.13 Å². The summed E-state index contributed by atoms with van der Waals surface area (Å²) < 4.78 is 7.50. The fourth-order valence-electron chi connectivity index (χ4n) is 3.01. The van der Waals surface area contributed by atoms with Gasteiger partial charge < -0.3 is 9.32 Å². The number of oxazole rings is 1. The molecule has 9 heteroatoms. The Balaban J connectivity index is 1.69. The van der Waals surface area contributed by atoms with Crippen molar-refractivity contribution in [2.45, 2.75) is 6.54 Å². The Labute approximate surface area is 175 Å². The molecule has 7 nitrogen and oxygen atoms in total. The molecule has 2 heterocycles. The molecule has 0 fully saturated rings. The predicted molar refractivity (Wildman–Crippen MR) is 116 cm³/mol. The van der Waals surface area contributed by atoms with Gasteiger partial charge in [0.2, 0.25) is 5.91 Å². The number of aromatic nitrogens is 2. The molecule has 0 radical (unpaired) electrons. The molecule has 1 amide bonds. The number of anilines is 1. The minimum absolute atomic E-state index is 0.125. The first kappa shape index (κ1) is 19.6. The van der Waals surface area contributed by atoms with Crippen molar-refractivity contribution < 1.29 is 9.21 Å². The van der Waals surface area contributed by atoms with E-state index in [-0.39, 0.29) is 12.5 Å². The Morgan fingerprint density at radius 2 is 2.00 bits per heavy atom. The lowest BCUT2D eigenvalue weighted by Gasteiger charge is -2.22. The number of benzene rings is 2. The number of hydrogen-bond acceptors (Lipinski definition) is 6. The van der Waals surface area contributed by atoms with Crippen molar-refractivity contribution in [3.8, 4) is 0 Å². The molecule has 4 aromatic rings. The summed E-state index contributed by atoms with van der Waals surface area (Å²) >= 11 is 7.48. The van der Waals surface area contributed by atoms with Gasteiger partial charge in [-0.2, -0.15) is 0 Å². The highest BCUT2D eigenvalue weighted by atomic mass is 35.5. The topological polar surface area (TPSA) is 71.6 Å². The predicted octanol–water partition coefficient (Wildman–Crippen LogP) is 3.45. The van der Waals surface area contributed by atoms with Crippen LogP contribution in [0.15, 0.2) is 51.7 Å². The largest absolute Gasteiger partial charge is 0.420 e. The lowest BCUT2D eigenvalue weighted by atomic mass is 10.3. The van der Waals surface area contributed by atoms with E-state index in [0.29, 0.717) is 34.3 Å². The molecular formula is C20H19ClN4O3S.